The van der Waals surface area contributed by atoms with Crippen molar-refractivity contribution in [2.75, 3.05) is 33.3 Å². The summed E-state index contributed by atoms with van der Waals surface area (Å²) in [6, 6.07) is 5.75. The number of hydrogen-bond acceptors (Lipinski definition) is 5. The summed E-state index contributed by atoms with van der Waals surface area (Å²) in [7, 11) is 1.60. The van der Waals surface area contributed by atoms with Gasteiger partial charge in [0.2, 0.25) is 0 Å². The van der Waals surface area contributed by atoms with E-state index in [0.717, 1.165) is 32.0 Å². The van der Waals surface area contributed by atoms with Crippen LogP contribution in [0, 0.1) is 0 Å². The Hall–Kier alpha value is -2.46. The van der Waals surface area contributed by atoms with Gasteiger partial charge in [0.25, 0.3) is 5.91 Å². The number of aromatic nitrogens is 3. The zero-order valence-corrected chi connectivity index (χ0v) is 17.7. The predicted octanol–water partition coefficient (Wildman–Crippen LogP) is 2.63. The summed E-state index contributed by atoms with van der Waals surface area (Å²) >= 11 is 0. The summed E-state index contributed by atoms with van der Waals surface area (Å²) in [5.74, 6) is -0.285. The number of aliphatic hydroxyl groups is 1. The first-order chi connectivity index (χ1) is 14.7. The molecule has 7 nitrogen and oxygen atoms in total. The van der Waals surface area contributed by atoms with Crippen LogP contribution in [0.5, 0.6) is 0 Å². The van der Waals surface area contributed by atoms with E-state index in [1.54, 1.807) is 24.0 Å². The van der Waals surface area contributed by atoms with Gasteiger partial charge in [0.1, 0.15) is 0 Å². The van der Waals surface area contributed by atoms with Crippen LogP contribution in [0.25, 0.3) is 0 Å². The number of alkyl halides is 3. The molecule has 31 heavy (non-hydrogen) atoms. The SMILES string of the molecule is C[C@@H](Cc1cccc(C(F)(F)F)c1)N1CCC(n2cc(C(=O)N(C)CCO)nn2)CC1. The zero-order chi connectivity index (χ0) is 22.6. The van der Waals surface area contributed by atoms with E-state index in [-0.39, 0.29) is 36.8 Å². The molecule has 1 N–H and O–H groups in total. The van der Waals surface area contributed by atoms with Crippen LogP contribution in [0.2, 0.25) is 0 Å². The molecule has 1 saturated heterocycles. The molecule has 1 amide bonds. The van der Waals surface area contributed by atoms with Crippen LogP contribution in [-0.2, 0) is 12.6 Å². The van der Waals surface area contributed by atoms with E-state index in [1.165, 1.54) is 17.0 Å². The van der Waals surface area contributed by atoms with Crippen LogP contribution < -0.4 is 0 Å². The van der Waals surface area contributed by atoms with Crippen molar-refractivity contribution in [1.82, 2.24) is 24.8 Å². The molecule has 0 bridgehead atoms. The van der Waals surface area contributed by atoms with E-state index >= 15 is 0 Å². The van der Waals surface area contributed by atoms with Gasteiger partial charge in [0.15, 0.2) is 5.69 Å². The minimum absolute atomic E-state index is 0.115. The average molecular weight is 439 g/mol. The third-order valence-electron chi connectivity index (χ3n) is 5.79. The van der Waals surface area contributed by atoms with Crippen LogP contribution in [0.15, 0.2) is 30.5 Å². The fourth-order valence-corrected chi connectivity index (χ4v) is 3.94. The van der Waals surface area contributed by atoms with Crippen molar-refractivity contribution >= 4 is 5.91 Å². The van der Waals surface area contributed by atoms with E-state index in [0.29, 0.717) is 12.0 Å². The largest absolute Gasteiger partial charge is 0.416 e. The summed E-state index contributed by atoms with van der Waals surface area (Å²) < 4.78 is 40.5. The normalized spacial score (nSPS) is 17.0. The van der Waals surface area contributed by atoms with E-state index in [2.05, 4.69) is 15.2 Å². The molecule has 1 aliphatic heterocycles. The molecule has 0 aliphatic carbocycles. The van der Waals surface area contributed by atoms with Gasteiger partial charge in [-0.3, -0.25) is 4.79 Å². The fourth-order valence-electron chi connectivity index (χ4n) is 3.94. The number of carbonyl (C=O) groups excluding carboxylic acids is 1. The second-order valence-corrected chi connectivity index (χ2v) is 8.05. The third-order valence-corrected chi connectivity index (χ3v) is 5.79. The monoisotopic (exact) mass is 439 g/mol. The standard InChI is InChI=1S/C21H28F3N5O2/c1-15(12-16-4-3-5-17(13-16)21(22,23)24)28-8-6-18(7-9-28)29-14-19(25-26-29)20(31)27(2)10-11-30/h3-5,13-15,18,30H,6-12H2,1-2H3/t15-/m0/s1. The number of likely N-dealkylation sites (tertiary alicyclic amines) is 1. The Balaban J connectivity index is 1.54. The Bertz CT molecular complexity index is 878. The highest BCUT2D eigenvalue weighted by atomic mass is 19.4. The Morgan fingerprint density at radius 1 is 1.32 bits per heavy atom. The molecule has 0 spiro atoms. The Kier molecular flexibility index (Phi) is 7.32. The number of nitrogens with zero attached hydrogens (tertiary/aromatic N) is 5. The van der Waals surface area contributed by atoms with Crippen LogP contribution in [0.3, 0.4) is 0 Å². The van der Waals surface area contributed by atoms with Gasteiger partial charge in [-0.25, -0.2) is 4.68 Å². The average Bonchev–Trinajstić information content (AvgIpc) is 3.23. The highest BCUT2D eigenvalue weighted by Gasteiger charge is 2.31. The molecule has 3 rings (SSSR count). The van der Waals surface area contributed by atoms with Crippen LogP contribution in [-0.4, -0.2) is 75.1 Å². The molecule has 1 fully saturated rings. The first-order valence-corrected chi connectivity index (χ1v) is 10.4. The van der Waals surface area contributed by atoms with Gasteiger partial charge in [-0.1, -0.05) is 23.4 Å². The quantitative estimate of drug-likeness (QED) is 0.718. The Morgan fingerprint density at radius 2 is 2.03 bits per heavy atom. The number of rotatable bonds is 7. The van der Waals surface area contributed by atoms with E-state index in [9.17, 15) is 18.0 Å². The summed E-state index contributed by atoms with van der Waals surface area (Å²) in [6.07, 6.45) is -0.508. The summed E-state index contributed by atoms with van der Waals surface area (Å²) in [5, 5.41) is 17.0. The van der Waals surface area contributed by atoms with Gasteiger partial charge >= 0.3 is 6.18 Å². The molecule has 1 aromatic carbocycles. The lowest BCUT2D eigenvalue weighted by Gasteiger charge is -2.36. The Morgan fingerprint density at radius 3 is 2.68 bits per heavy atom. The number of likely N-dealkylation sites (N-methyl/N-ethyl adjacent to an activating group) is 1. The van der Waals surface area contributed by atoms with E-state index in [4.69, 9.17) is 5.11 Å². The molecule has 1 aliphatic rings. The zero-order valence-electron chi connectivity index (χ0n) is 17.7. The second-order valence-electron chi connectivity index (χ2n) is 8.05. The lowest BCUT2D eigenvalue weighted by molar-refractivity contribution is -0.137. The molecule has 1 atom stereocenters. The minimum Gasteiger partial charge on any atom is -0.395 e. The third kappa shape index (κ3) is 5.82. The number of benzene rings is 1. The first-order valence-electron chi connectivity index (χ1n) is 10.4. The molecule has 2 aromatic rings. The molecule has 10 heteroatoms. The van der Waals surface area contributed by atoms with Crippen molar-refractivity contribution < 1.29 is 23.1 Å². The molecule has 0 radical (unpaired) electrons. The number of hydrogen-bond donors (Lipinski definition) is 1. The smallest absolute Gasteiger partial charge is 0.395 e. The van der Waals surface area contributed by atoms with E-state index in [1.807, 2.05) is 6.92 Å². The van der Waals surface area contributed by atoms with Crippen molar-refractivity contribution in [3.05, 3.63) is 47.3 Å². The first kappa shape index (κ1) is 23.2. The van der Waals surface area contributed by atoms with Gasteiger partial charge < -0.3 is 14.9 Å². The van der Waals surface area contributed by atoms with E-state index < -0.39 is 11.7 Å². The number of amides is 1. The molecule has 170 valence electrons. The lowest BCUT2D eigenvalue weighted by atomic mass is 9.99. The molecular formula is C21H28F3N5O2. The summed E-state index contributed by atoms with van der Waals surface area (Å²) in [5.41, 5.74) is 0.309. The van der Waals surface area contributed by atoms with Crippen molar-refractivity contribution in [3.63, 3.8) is 0 Å². The van der Waals surface area contributed by atoms with Crippen molar-refractivity contribution in [3.8, 4) is 0 Å². The maximum atomic E-state index is 12.9. The number of halogens is 3. The fraction of sp³-hybridized carbons (Fsp3) is 0.571. The van der Waals surface area contributed by atoms with Crippen LogP contribution >= 0.6 is 0 Å². The van der Waals surface area contributed by atoms with Gasteiger partial charge in [-0.05, 0) is 37.8 Å². The molecular weight excluding hydrogens is 411 g/mol. The minimum atomic E-state index is -4.33. The van der Waals surface area contributed by atoms with Crippen molar-refractivity contribution in [2.45, 2.75) is 44.4 Å². The number of carbonyl (C=O) groups is 1. The maximum Gasteiger partial charge on any atom is 0.416 e. The molecule has 2 heterocycles. The number of aliphatic hydroxyl groups excluding tert-OH is 1. The lowest BCUT2D eigenvalue weighted by Crippen LogP contribution is -2.41. The number of piperidine rings is 1. The summed E-state index contributed by atoms with van der Waals surface area (Å²) in [4.78, 5) is 15.9. The summed E-state index contributed by atoms with van der Waals surface area (Å²) in [6.45, 7) is 3.72. The van der Waals surface area contributed by atoms with Gasteiger partial charge in [0.05, 0.1) is 24.4 Å². The van der Waals surface area contributed by atoms with Gasteiger partial charge in [-0.15, -0.1) is 5.10 Å². The Labute approximate surface area is 179 Å². The maximum absolute atomic E-state index is 12.9. The second kappa shape index (κ2) is 9.78. The topological polar surface area (TPSA) is 74.5 Å². The van der Waals surface area contributed by atoms with Crippen LogP contribution in [0.1, 0.15) is 47.4 Å². The highest BCUT2D eigenvalue weighted by Crippen LogP contribution is 2.30. The predicted molar refractivity (Wildman–Crippen MR) is 109 cm³/mol. The molecule has 0 saturated carbocycles. The van der Waals surface area contributed by atoms with Crippen LogP contribution in [0.4, 0.5) is 13.2 Å². The molecule has 1 aromatic heterocycles. The van der Waals surface area contributed by atoms with Gasteiger partial charge in [-0.2, -0.15) is 13.2 Å². The van der Waals surface area contributed by atoms with Crippen molar-refractivity contribution in [2.24, 2.45) is 0 Å². The highest BCUT2D eigenvalue weighted by molar-refractivity contribution is 5.91. The van der Waals surface area contributed by atoms with Crippen molar-refractivity contribution in [1.29, 1.82) is 0 Å². The van der Waals surface area contributed by atoms with Gasteiger partial charge in [0, 0.05) is 32.7 Å². The molecule has 0 unspecified atom stereocenters.